The van der Waals surface area contributed by atoms with Gasteiger partial charge in [0.1, 0.15) is 5.82 Å². The van der Waals surface area contributed by atoms with Crippen molar-refractivity contribution in [2.45, 2.75) is 6.92 Å². The van der Waals surface area contributed by atoms with Crippen molar-refractivity contribution in [3.8, 4) is 0 Å². The van der Waals surface area contributed by atoms with Crippen LogP contribution in [0.15, 0.2) is 18.5 Å². The van der Waals surface area contributed by atoms with Gasteiger partial charge in [0.2, 0.25) is 0 Å². The highest BCUT2D eigenvalue weighted by Crippen LogP contribution is 1.99. The molecular formula is C6H9ClFN. The highest BCUT2D eigenvalue weighted by Gasteiger charge is 1.89. The molecule has 0 fully saturated rings. The smallest absolute Gasteiger partial charge is 0.129 e. The van der Waals surface area contributed by atoms with E-state index in [-0.39, 0.29) is 19.7 Å². The molecular weight excluding hydrogens is 141 g/mol. The highest BCUT2D eigenvalue weighted by atomic mass is 35.5. The molecule has 0 aliphatic rings. The molecule has 0 N–H and O–H groups in total. The first-order chi connectivity index (χ1) is 3.80. The number of hydrogen-bond acceptors (Lipinski definition) is 1. The maximum Gasteiger partial charge on any atom is 0.129 e. The zero-order chi connectivity index (χ0) is 5.98. The summed E-state index contributed by atoms with van der Waals surface area (Å²) in [4.78, 5) is 3.71. The second-order valence-electron chi connectivity index (χ2n) is 1.62. The lowest BCUT2D eigenvalue weighted by Crippen LogP contribution is -1.80. The topological polar surface area (TPSA) is 12.9 Å². The van der Waals surface area contributed by atoms with Gasteiger partial charge in [0.25, 0.3) is 0 Å². The number of aromatic nitrogens is 1. The maximum absolute atomic E-state index is 12.3. The van der Waals surface area contributed by atoms with Crippen LogP contribution in [0.3, 0.4) is 0 Å². The maximum atomic E-state index is 12.3. The number of pyridine rings is 1. The van der Waals surface area contributed by atoms with Gasteiger partial charge < -0.3 is 0 Å². The lowest BCUT2D eigenvalue weighted by molar-refractivity contribution is 0.616. The van der Waals surface area contributed by atoms with E-state index in [1.807, 2.05) is 0 Å². The zero-order valence-electron chi connectivity index (χ0n) is 4.97. The van der Waals surface area contributed by atoms with Gasteiger partial charge in [-0.3, -0.25) is 4.98 Å². The van der Waals surface area contributed by atoms with Gasteiger partial charge in [0.05, 0.1) is 0 Å². The normalized spacial score (nSPS) is 8.22. The summed E-state index contributed by atoms with van der Waals surface area (Å²) >= 11 is 0. The quantitative estimate of drug-likeness (QED) is 0.551. The highest BCUT2D eigenvalue weighted by molar-refractivity contribution is 5.85. The minimum absolute atomic E-state index is 0. The lowest BCUT2D eigenvalue weighted by Gasteiger charge is -1.88. The number of aryl methyl sites for hydroxylation is 1. The first-order valence-corrected chi connectivity index (χ1v) is 2.37. The fourth-order valence-electron chi connectivity index (χ4n) is 0.456. The van der Waals surface area contributed by atoms with Gasteiger partial charge >= 0.3 is 0 Å². The van der Waals surface area contributed by atoms with Crippen LogP contribution in [-0.2, 0) is 0 Å². The summed E-state index contributed by atoms with van der Waals surface area (Å²) in [6.45, 7) is 1.68. The van der Waals surface area contributed by atoms with Crippen LogP contribution in [0.4, 0.5) is 4.39 Å². The molecule has 0 amide bonds. The van der Waals surface area contributed by atoms with E-state index in [0.29, 0.717) is 5.56 Å². The Kier molecular flexibility index (Phi) is 3.17. The van der Waals surface area contributed by atoms with Crippen molar-refractivity contribution in [1.82, 2.24) is 4.98 Å². The predicted molar refractivity (Wildman–Crippen MR) is 38.3 cm³/mol. The monoisotopic (exact) mass is 149 g/mol. The third-order valence-electron chi connectivity index (χ3n) is 0.952. The molecule has 9 heavy (non-hydrogen) atoms. The average Bonchev–Trinajstić information content (AvgIpc) is 1.77. The second kappa shape index (κ2) is 3.41. The van der Waals surface area contributed by atoms with Crippen LogP contribution in [0, 0.1) is 12.7 Å². The molecule has 0 unspecified atom stereocenters. The van der Waals surface area contributed by atoms with Crippen molar-refractivity contribution in [1.29, 1.82) is 0 Å². The minimum Gasteiger partial charge on any atom is -0.264 e. The number of rotatable bonds is 0. The van der Waals surface area contributed by atoms with Gasteiger partial charge in [0.15, 0.2) is 0 Å². The van der Waals surface area contributed by atoms with Gasteiger partial charge in [-0.05, 0) is 13.0 Å². The molecule has 0 bridgehead atoms. The van der Waals surface area contributed by atoms with Crippen LogP contribution < -0.4 is 0 Å². The molecule has 0 saturated carbocycles. The van der Waals surface area contributed by atoms with Crippen LogP contribution in [0.25, 0.3) is 0 Å². The van der Waals surface area contributed by atoms with Crippen molar-refractivity contribution in [2.75, 3.05) is 0 Å². The van der Waals surface area contributed by atoms with Crippen LogP contribution in [-0.4, -0.2) is 4.98 Å². The first kappa shape index (κ1) is 8.37. The standard InChI is InChI=1S/C6H6FN.ClH.H2/c1-5-4-8-3-2-6(5)7;;/h2-4H,1H3;2*1H. The van der Waals surface area contributed by atoms with E-state index in [1.165, 1.54) is 18.5 Å². The Bertz CT molecular complexity index is 174. The molecule has 1 nitrogen and oxygen atoms in total. The molecule has 0 saturated heterocycles. The second-order valence-corrected chi connectivity index (χ2v) is 1.62. The number of halogens is 2. The summed E-state index contributed by atoms with van der Waals surface area (Å²) < 4.78 is 12.3. The fourth-order valence-corrected chi connectivity index (χ4v) is 0.456. The van der Waals surface area contributed by atoms with Crippen molar-refractivity contribution < 1.29 is 5.82 Å². The van der Waals surface area contributed by atoms with E-state index in [9.17, 15) is 4.39 Å². The predicted octanol–water partition coefficient (Wildman–Crippen LogP) is 2.20. The molecule has 3 heteroatoms. The van der Waals surface area contributed by atoms with Gasteiger partial charge in [-0.15, -0.1) is 12.4 Å². The third kappa shape index (κ3) is 1.98. The molecule has 0 radical (unpaired) electrons. The Morgan fingerprint density at radius 2 is 2.33 bits per heavy atom. The Morgan fingerprint density at radius 3 is 2.67 bits per heavy atom. The molecule has 0 spiro atoms. The SMILES string of the molecule is Cc1cnccc1F.Cl.[HH]. The van der Waals surface area contributed by atoms with Gasteiger partial charge in [-0.1, -0.05) is 0 Å². The zero-order valence-corrected chi connectivity index (χ0v) is 5.78. The molecule has 0 aromatic carbocycles. The van der Waals surface area contributed by atoms with Gasteiger partial charge in [-0.25, -0.2) is 4.39 Å². The minimum atomic E-state index is -0.194. The summed E-state index contributed by atoms with van der Waals surface area (Å²) in [6, 6.07) is 1.34. The van der Waals surface area contributed by atoms with Crippen molar-refractivity contribution in [3.63, 3.8) is 0 Å². The Morgan fingerprint density at radius 1 is 1.67 bits per heavy atom. The fraction of sp³-hybridized carbons (Fsp3) is 0.167. The number of nitrogens with zero attached hydrogens (tertiary/aromatic N) is 1. The first-order valence-electron chi connectivity index (χ1n) is 2.37. The Balaban J connectivity index is 0. The lowest BCUT2D eigenvalue weighted by atomic mass is 10.3. The van der Waals surface area contributed by atoms with E-state index in [2.05, 4.69) is 4.98 Å². The summed E-state index contributed by atoms with van der Waals surface area (Å²) in [5.41, 5.74) is 0.590. The van der Waals surface area contributed by atoms with E-state index < -0.39 is 0 Å². The Hall–Kier alpha value is -0.630. The molecule has 0 aliphatic heterocycles. The molecule has 1 heterocycles. The van der Waals surface area contributed by atoms with Crippen LogP contribution in [0.2, 0.25) is 0 Å². The molecule has 0 aliphatic carbocycles. The summed E-state index contributed by atoms with van der Waals surface area (Å²) in [5.74, 6) is -0.194. The third-order valence-corrected chi connectivity index (χ3v) is 0.952. The van der Waals surface area contributed by atoms with Crippen molar-refractivity contribution in [2.24, 2.45) is 0 Å². The van der Waals surface area contributed by atoms with Crippen molar-refractivity contribution in [3.05, 3.63) is 29.8 Å². The summed E-state index contributed by atoms with van der Waals surface area (Å²) in [6.07, 6.45) is 2.93. The number of hydrogen-bond donors (Lipinski definition) is 0. The van der Waals surface area contributed by atoms with E-state index >= 15 is 0 Å². The van der Waals surface area contributed by atoms with Crippen LogP contribution in [0.5, 0.6) is 0 Å². The molecule has 0 atom stereocenters. The van der Waals surface area contributed by atoms with E-state index in [1.54, 1.807) is 6.92 Å². The van der Waals surface area contributed by atoms with Gasteiger partial charge in [-0.2, -0.15) is 0 Å². The van der Waals surface area contributed by atoms with Gasteiger partial charge in [0, 0.05) is 19.4 Å². The molecule has 1 rings (SSSR count). The summed E-state index contributed by atoms with van der Waals surface area (Å²) in [7, 11) is 0. The van der Waals surface area contributed by atoms with E-state index in [4.69, 9.17) is 0 Å². The molecule has 1 aromatic rings. The molecule has 1 aromatic heterocycles. The average molecular weight is 150 g/mol. The Labute approximate surface area is 60.8 Å². The van der Waals surface area contributed by atoms with E-state index in [0.717, 1.165) is 0 Å². The molecule has 52 valence electrons. The van der Waals surface area contributed by atoms with Crippen LogP contribution >= 0.6 is 12.4 Å². The van der Waals surface area contributed by atoms with Crippen LogP contribution in [0.1, 0.15) is 6.99 Å². The van der Waals surface area contributed by atoms with Crippen molar-refractivity contribution >= 4 is 12.4 Å². The summed E-state index contributed by atoms with van der Waals surface area (Å²) in [5, 5.41) is 0. The largest absolute Gasteiger partial charge is 0.264 e.